The van der Waals surface area contributed by atoms with E-state index >= 15 is 0 Å². The van der Waals surface area contributed by atoms with E-state index in [2.05, 4.69) is 10.6 Å². The van der Waals surface area contributed by atoms with Crippen molar-refractivity contribution in [3.05, 3.63) is 41.7 Å². The summed E-state index contributed by atoms with van der Waals surface area (Å²) < 4.78 is 16.9. The second kappa shape index (κ2) is 3.03. The second-order valence-corrected chi connectivity index (χ2v) is 2.95. The lowest BCUT2D eigenvalue weighted by molar-refractivity contribution is 0.631. The molecular formula is C9H5FNS. The van der Waals surface area contributed by atoms with E-state index in [1.807, 2.05) is 0 Å². The van der Waals surface area contributed by atoms with E-state index in [1.165, 1.54) is 17.6 Å². The third-order valence-corrected chi connectivity index (χ3v) is 2.09. The van der Waals surface area contributed by atoms with Crippen LogP contribution in [0.1, 0.15) is 0 Å². The molecule has 0 aliphatic rings. The highest BCUT2D eigenvalue weighted by Crippen LogP contribution is 2.22. The van der Waals surface area contributed by atoms with Gasteiger partial charge in [0, 0.05) is 16.5 Å². The summed E-state index contributed by atoms with van der Waals surface area (Å²) in [6.45, 7) is 0. The van der Waals surface area contributed by atoms with Crippen LogP contribution in [0.3, 0.4) is 0 Å². The van der Waals surface area contributed by atoms with Gasteiger partial charge in [0.05, 0.1) is 0 Å². The van der Waals surface area contributed by atoms with Crippen molar-refractivity contribution in [3.8, 4) is 11.1 Å². The molecule has 0 spiro atoms. The summed E-state index contributed by atoms with van der Waals surface area (Å²) >= 11 is 1.27. The van der Waals surface area contributed by atoms with Crippen LogP contribution in [-0.2, 0) is 0 Å². The van der Waals surface area contributed by atoms with Gasteiger partial charge < -0.3 is 0 Å². The van der Waals surface area contributed by atoms with Gasteiger partial charge in [-0.05, 0) is 17.6 Å². The van der Waals surface area contributed by atoms with Crippen LogP contribution in [0.2, 0.25) is 0 Å². The molecule has 0 unspecified atom stereocenters. The molecule has 2 aromatic rings. The van der Waals surface area contributed by atoms with Crippen LogP contribution in [0.25, 0.3) is 11.1 Å². The minimum atomic E-state index is -0.228. The molecular weight excluding hydrogens is 173 g/mol. The average Bonchev–Trinajstić information content (AvgIpc) is 2.57. The van der Waals surface area contributed by atoms with Crippen molar-refractivity contribution in [2.75, 3.05) is 0 Å². The predicted molar refractivity (Wildman–Crippen MR) is 46.3 cm³/mol. The van der Waals surface area contributed by atoms with Crippen LogP contribution in [0, 0.1) is 12.0 Å². The molecule has 0 bridgehead atoms. The Hall–Kier alpha value is -1.22. The van der Waals surface area contributed by atoms with E-state index in [0.717, 1.165) is 5.56 Å². The molecule has 2 rings (SSSR count). The molecule has 1 aromatic heterocycles. The van der Waals surface area contributed by atoms with Gasteiger partial charge in [-0.15, -0.1) is 0 Å². The topological polar surface area (TPSA) is 12.9 Å². The molecule has 12 heavy (non-hydrogen) atoms. The normalized spacial score (nSPS) is 10.1. The van der Waals surface area contributed by atoms with Crippen molar-refractivity contribution in [2.45, 2.75) is 0 Å². The van der Waals surface area contributed by atoms with Gasteiger partial charge in [0.25, 0.3) is 0 Å². The molecule has 1 radical (unpaired) electrons. The lowest BCUT2D eigenvalue weighted by atomic mass is 10.1. The van der Waals surface area contributed by atoms with Gasteiger partial charge in [0.2, 0.25) is 0 Å². The van der Waals surface area contributed by atoms with Crippen LogP contribution in [-0.4, -0.2) is 4.37 Å². The standard InChI is InChI=1S/C9H5FNS/c10-9-4-2-1-3-8(9)7-5-11-12-6-7/h1-4,6H. The van der Waals surface area contributed by atoms with E-state index < -0.39 is 0 Å². The fraction of sp³-hybridized carbons (Fsp3) is 0. The van der Waals surface area contributed by atoms with Crippen molar-refractivity contribution in [1.29, 1.82) is 0 Å². The van der Waals surface area contributed by atoms with Crippen LogP contribution in [0.15, 0.2) is 29.6 Å². The molecule has 0 saturated heterocycles. The monoisotopic (exact) mass is 178 g/mol. The SMILES string of the molecule is Fc1ccccc1-c1[c]nsc1. The number of aromatic nitrogens is 1. The van der Waals surface area contributed by atoms with Crippen molar-refractivity contribution in [1.82, 2.24) is 4.37 Å². The zero-order valence-electron chi connectivity index (χ0n) is 6.12. The lowest BCUT2D eigenvalue weighted by Gasteiger charge is -1.96. The number of hydrogen-bond donors (Lipinski definition) is 0. The zero-order valence-corrected chi connectivity index (χ0v) is 6.94. The van der Waals surface area contributed by atoms with Gasteiger partial charge in [-0.2, -0.15) is 4.37 Å². The Morgan fingerprint density at radius 1 is 1.33 bits per heavy atom. The minimum absolute atomic E-state index is 0.228. The zero-order chi connectivity index (χ0) is 8.39. The summed E-state index contributed by atoms with van der Waals surface area (Å²) in [5.41, 5.74) is 1.28. The molecule has 1 nitrogen and oxygen atoms in total. The summed E-state index contributed by atoms with van der Waals surface area (Å²) in [7, 11) is 0. The summed E-state index contributed by atoms with van der Waals surface area (Å²) in [5.74, 6) is -0.228. The van der Waals surface area contributed by atoms with Crippen LogP contribution < -0.4 is 0 Å². The first-order chi connectivity index (χ1) is 5.88. The van der Waals surface area contributed by atoms with Crippen LogP contribution in [0.5, 0.6) is 0 Å². The maximum atomic E-state index is 13.1. The molecule has 0 fully saturated rings. The van der Waals surface area contributed by atoms with Crippen molar-refractivity contribution >= 4 is 11.5 Å². The van der Waals surface area contributed by atoms with Gasteiger partial charge in [-0.3, -0.25) is 0 Å². The van der Waals surface area contributed by atoms with E-state index in [0.29, 0.717) is 5.56 Å². The first kappa shape index (κ1) is 7.43. The summed E-state index contributed by atoms with van der Waals surface area (Å²) in [5, 5.41) is 1.78. The lowest BCUT2D eigenvalue weighted by Crippen LogP contribution is -1.79. The Morgan fingerprint density at radius 3 is 2.83 bits per heavy atom. The minimum Gasteiger partial charge on any atom is -0.206 e. The van der Waals surface area contributed by atoms with Crippen LogP contribution >= 0.6 is 11.5 Å². The third-order valence-electron chi connectivity index (χ3n) is 1.55. The Labute approximate surface area is 73.7 Å². The Balaban J connectivity index is 2.55. The van der Waals surface area contributed by atoms with Gasteiger partial charge in [-0.25, -0.2) is 4.39 Å². The largest absolute Gasteiger partial charge is 0.206 e. The Morgan fingerprint density at radius 2 is 2.17 bits per heavy atom. The maximum absolute atomic E-state index is 13.1. The van der Waals surface area contributed by atoms with E-state index in [4.69, 9.17) is 0 Å². The summed E-state index contributed by atoms with van der Waals surface area (Å²) in [6, 6.07) is 6.61. The molecule has 0 atom stereocenters. The Bertz CT molecular complexity index is 370. The molecule has 1 heterocycles. The first-order valence-corrected chi connectivity index (χ1v) is 4.28. The highest BCUT2D eigenvalue weighted by atomic mass is 32.1. The predicted octanol–water partition coefficient (Wildman–Crippen LogP) is 2.75. The second-order valence-electron chi connectivity index (χ2n) is 2.32. The smallest absolute Gasteiger partial charge is 0.131 e. The van der Waals surface area contributed by atoms with Gasteiger partial charge >= 0.3 is 0 Å². The summed E-state index contributed by atoms with van der Waals surface area (Å²) in [4.78, 5) is 0. The first-order valence-electron chi connectivity index (χ1n) is 3.45. The number of halogens is 1. The van der Waals surface area contributed by atoms with Crippen molar-refractivity contribution in [3.63, 3.8) is 0 Å². The molecule has 0 N–H and O–H groups in total. The molecule has 1 aromatic carbocycles. The number of hydrogen-bond acceptors (Lipinski definition) is 2. The Kier molecular flexibility index (Phi) is 1.87. The van der Waals surface area contributed by atoms with E-state index in [9.17, 15) is 4.39 Å². The quantitative estimate of drug-likeness (QED) is 0.654. The fourth-order valence-corrected chi connectivity index (χ4v) is 1.47. The molecule has 0 aliphatic heterocycles. The highest BCUT2D eigenvalue weighted by molar-refractivity contribution is 7.03. The highest BCUT2D eigenvalue weighted by Gasteiger charge is 2.03. The number of rotatable bonds is 1. The van der Waals surface area contributed by atoms with Crippen LogP contribution in [0.4, 0.5) is 4.39 Å². The van der Waals surface area contributed by atoms with E-state index in [1.54, 1.807) is 23.6 Å². The van der Waals surface area contributed by atoms with Gasteiger partial charge in [0.15, 0.2) is 0 Å². The van der Waals surface area contributed by atoms with Crippen molar-refractivity contribution < 1.29 is 4.39 Å². The molecule has 3 heteroatoms. The maximum Gasteiger partial charge on any atom is 0.131 e. The molecule has 0 amide bonds. The van der Waals surface area contributed by atoms with E-state index in [-0.39, 0.29) is 5.82 Å². The molecule has 0 aliphatic carbocycles. The molecule has 59 valence electrons. The number of benzene rings is 1. The number of nitrogens with zero attached hydrogens (tertiary/aromatic N) is 1. The van der Waals surface area contributed by atoms with Gasteiger partial charge in [-0.1, -0.05) is 18.2 Å². The van der Waals surface area contributed by atoms with Crippen molar-refractivity contribution in [2.24, 2.45) is 0 Å². The average molecular weight is 178 g/mol. The van der Waals surface area contributed by atoms with Gasteiger partial charge in [0.1, 0.15) is 12.0 Å². The summed E-state index contributed by atoms with van der Waals surface area (Å²) in [6.07, 6.45) is 2.72. The third kappa shape index (κ3) is 1.23. The fourth-order valence-electron chi connectivity index (χ4n) is 0.984. The molecule has 0 saturated carbocycles.